The van der Waals surface area contributed by atoms with Gasteiger partial charge in [-0.1, -0.05) is 61.7 Å². The minimum atomic E-state index is -0.559. The van der Waals surface area contributed by atoms with Crippen LogP contribution in [0, 0.1) is 0 Å². The van der Waals surface area contributed by atoms with Gasteiger partial charge >= 0.3 is 5.97 Å². The standard InChI is InChI=1S/C21H23N3O3S/c1-4-11-27-20(26)15-13(3)22-18-17(16(15)14-9-7-6-8-10-14)19(25)24-21(23-18)28-12-5-2/h4,6-10,16H,1,5,11-12H2,2-3H3,(H2,22,23,24,25)/t16-/m1/s1. The highest BCUT2D eigenvalue weighted by molar-refractivity contribution is 7.99. The molecule has 0 radical (unpaired) electrons. The zero-order valence-corrected chi connectivity index (χ0v) is 16.8. The highest BCUT2D eigenvalue weighted by Gasteiger charge is 2.36. The van der Waals surface area contributed by atoms with Gasteiger partial charge in [0.15, 0.2) is 5.16 Å². The highest BCUT2D eigenvalue weighted by Crippen LogP contribution is 2.39. The first-order valence-corrected chi connectivity index (χ1v) is 10.1. The quantitative estimate of drug-likeness (QED) is 0.320. The van der Waals surface area contributed by atoms with Crippen LogP contribution in [-0.4, -0.2) is 28.3 Å². The van der Waals surface area contributed by atoms with Crippen molar-refractivity contribution in [2.24, 2.45) is 0 Å². The number of benzene rings is 1. The van der Waals surface area contributed by atoms with Crippen molar-refractivity contribution in [3.8, 4) is 0 Å². The van der Waals surface area contributed by atoms with Gasteiger partial charge in [-0.3, -0.25) is 4.79 Å². The van der Waals surface area contributed by atoms with E-state index in [0.717, 1.165) is 17.7 Å². The Kier molecular flexibility index (Phi) is 6.36. The van der Waals surface area contributed by atoms with Gasteiger partial charge in [-0.25, -0.2) is 9.78 Å². The molecule has 2 aromatic rings. The molecular formula is C21H23N3O3S. The lowest BCUT2D eigenvalue weighted by Crippen LogP contribution is -2.31. The largest absolute Gasteiger partial charge is 0.458 e. The molecule has 1 aliphatic rings. The maximum absolute atomic E-state index is 13.0. The number of H-pyrrole nitrogens is 1. The van der Waals surface area contributed by atoms with E-state index in [4.69, 9.17) is 4.74 Å². The topological polar surface area (TPSA) is 84.1 Å². The Morgan fingerprint density at radius 1 is 1.36 bits per heavy atom. The van der Waals surface area contributed by atoms with Crippen LogP contribution in [0.5, 0.6) is 0 Å². The van der Waals surface area contributed by atoms with Gasteiger partial charge in [-0.2, -0.15) is 0 Å². The molecule has 1 atom stereocenters. The Bertz CT molecular complexity index is 967. The van der Waals surface area contributed by atoms with Crippen molar-refractivity contribution >= 4 is 23.5 Å². The van der Waals surface area contributed by atoms with Crippen LogP contribution in [0.3, 0.4) is 0 Å². The van der Waals surface area contributed by atoms with Crippen LogP contribution in [0.15, 0.2) is 64.2 Å². The SMILES string of the molecule is C=CCOC(=O)C1=C(C)Nc2nc(SCCC)[nH]c(=O)c2[C@@H]1c1ccccc1. The number of anilines is 1. The van der Waals surface area contributed by atoms with Gasteiger partial charge in [0.2, 0.25) is 0 Å². The smallest absolute Gasteiger partial charge is 0.337 e. The van der Waals surface area contributed by atoms with Gasteiger partial charge < -0.3 is 15.0 Å². The monoisotopic (exact) mass is 397 g/mol. The van der Waals surface area contributed by atoms with Crippen LogP contribution in [-0.2, 0) is 9.53 Å². The summed E-state index contributed by atoms with van der Waals surface area (Å²) >= 11 is 1.50. The summed E-state index contributed by atoms with van der Waals surface area (Å²) in [5.41, 5.74) is 2.02. The molecule has 0 amide bonds. The predicted molar refractivity (Wildman–Crippen MR) is 112 cm³/mol. The molecule has 2 heterocycles. The summed E-state index contributed by atoms with van der Waals surface area (Å²) in [6, 6.07) is 9.45. The fraction of sp³-hybridized carbons (Fsp3) is 0.286. The minimum absolute atomic E-state index is 0.102. The van der Waals surface area contributed by atoms with E-state index in [1.807, 2.05) is 30.3 Å². The van der Waals surface area contributed by atoms with Gasteiger partial charge in [0.1, 0.15) is 12.4 Å². The van der Waals surface area contributed by atoms with E-state index in [1.165, 1.54) is 17.8 Å². The van der Waals surface area contributed by atoms with Crippen molar-refractivity contribution in [2.45, 2.75) is 31.3 Å². The lowest BCUT2D eigenvalue weighted by Gasteiger charge is -2.28. The Morgan fingerprint density at radius 2 is 2.11 bits per heavy atom. The molecule has 1 aromatic carbocycles. The molecule has 6 nitrogen and oxygen atoms in total. The molecular weight excluding hydrogens is 374 g/mol. The molecule has 1 aliphatic heterocycles. The van der Waals surface area contributed by atoms with Crippen molar-refractivity contribution in [3.05, 3.63) is 75.7 Å². The number of aromatic nitrogens is 2. The van der Waals surface area contributed by atoms with Crippen molar-refractivity contribution in [1.82, 2.24) is 9.97 Å². The third kappa shape index (κ3) is 4.04. The van der Waals surface area contributed by atoms with Crippen LogP contribution in [0.25, 0.3) is 0 Å². The van der Waals surface area contributed by atoms with E-state index in [9.17, 15) is 9.59 Å². The second-order valence-corrected chi connectivity index (χ2v) is 7.46. The number of thioether (sulfide) groups is 1. The first-order chi connectivity index (χ1) is 13.6. The number of aromatic amines is 1. The first kappa shape index (κ1) is 19.9. The van der Waals surface area contributed by atoms with Crippen molar-refractivity contribution in [3.63, 3.8) is 0 Å². The van der Waals surface area contributed by atoms with E-state index >= 15 is 0 Å². The molecule has 3 rings (SSSR count). The van der Waals surface area contributed by atoms with E-state index in [1.54, 1.807) is 6.92 Å². The molecule has 1 aromatic heterocycles. The zero-order chi connectivity index (χ0) is 20.1. The number of allylic oxidation sites excluding steroid dienone is 1. The fourth-order valence-corrected chi connectivity index (χ4v) is 3.88. The lowest BCUT2D eigenvalue weighted by molar-refractivity contribution is -0.138. The molecule has 0 saturated heterocycles. The molecule has 0 spiro atoms. The number of esters is 1. The van der Waals surface area contributed by atoms with Gasteiger partial charge in [-0.05, 0) is 18.9 Å². The Labute approximate surface area is 168 Å². The Morgan fingerprint density at radius 3 is 2.79 bits per heavy atom. The number of nitrogens with zero attached hydrogens (tertiary/aromatic N) is 1. The van der Waals surface area contributed by atoms with Crippen molar-refractivity contribution in [2.75, 3.05) is 17.7 Å². The average Bonchev–Trinajstić information content (AvgIpc) is 2.70. The predicted octanol–water partition coefficient (Wildman–Crippen LogP) is 3.83. The van der Waals surface area contributed by atoms with Gasteiger partial charge in [0, 0.05) is 11.4 Å². The van der Waals surface area contributed by atoms with E-state index in [-0.39, 0.29) is 12.2 Å². The summed E-state index contributed by atoms with van der Waals surface area (Å²) < 4.78 is 5.29. The molecule has 28 heavy (non-hydrogen) atoms. The van der Waals surface area contributed by atoms with Gasteiger partial charge in [-0.15, -0.1) is 0 Å². The number of carbonyl (C=O) groups is 1. The molecule has 0 unspecified atom stereocenters. The maximum atomic E-state index is 13.0. The third-order valence-electron chi connectivity index (χ3n) is 4.35. The number of rotatable bonds is 7. The zero-order valence-electron chi connectivity index (χ0n) is 16.0. The number of carbonyl (C=O) groups excluding carboxylic acids is 1. The third-order valence-corrected chi connectivity index (χ3v) is 5.43. The normalized spacial score (nSPS) is 15.6. The number of fused-ring (bicyclic) bond motifs is 1. The van der Waals surface area contributed by atoms with Gasteiger partial charge in [0.05, 0.1) is 17.1 Å². The number of ether oxygens (including phenoxy) is 1. The van der Waals surface area contributed by atoms with Crippen molar-refractivity contribution < 1.29 is 9.53 Å². The molecule has 0 bridgehead atoms. The minimum Gasteiger partial charge on any atom is -0.458 e. The van der Waals surface area contributed by atoms with Crippen LogP contribution >= 0.6 is 11.8 Å². The van der Waals surface area contributed by atoms with Gasteiger partial charge in [0.25, 0.3) is 5.56 Å². The van der Waals surface area contributed by atoms with E-state index in [0.29, 0.717) is 27.8 Å². The Balaban J connectivity index is 2.14. The molecule has 146 valence electrons. The average molecular weight is 398 g/mol. The molecule has 0 aliphatic carbocycles. The maximum Gasteiger partial charge on any atom is 0.337 e. The van der Waals surface area contributed by atoms with Crippen molar-refractivity contribution in [1.29, 1.82) is 0 Å². The second-order valence-electron chi connectivity index (χ2n) is 6.38. The summed E-state index contributed by atoms with van der Waals surface area (Å²) in [6.07, 6.45) is 2.49. The summed E-state index contributed by atoms with van der Waals surface area (Å²) in [5.74, 6) is 0.302. The van der Waals surface area contributed by atoms with Crippen LogP contribution in [0.2, 0.25) is 0 Å². The van der Waals surface area contributed by atoms with Crippen LogP contribution < -0.4 is 10.9 Å². The second kappa shape index (κ2) is 8.93. The number of nitrogens with one attached hydrogen (secondary N) is 2. The molecule has 2 N–H and O–H groups in total. The Hall–Kier alpha value is -2.80. The van der Waals surface area contributed by atoms with Crippen LogP contribution in [0.1, 0.15) is 37.3 Å². The summed E-state index contributed by atoms with van der Waals surface area (Å²) in [6.45, 7) is 7.55. The number of hydrogen-bond donors (Lipinski definition) is 2. The van der Waals surface area contributed by atoms with E-state index in [2.05, 4.69) is 28.8 Å². The number of hydrogen-bond acceptors (Lipinski definition) is 6. The summed E-state index contributed by atoms with van der Waals surface area (Å²) in [7, 11) is 0. The van der Waals surface area contributed by atoms with Crippen LogP contribution in [0.4, 0.5) is 5.82 Å². The fourth-order valence-electron chi connectivity index (χ4n) is 3.16. The lowest BCUT2D eigenvalue weighted by atomic mass is 9.82. The molecule has 0 saturated carbocycles. The summed E-state index contributed by atoms with van der Waals surface area (Å²) in [5, 5.41) is 3.70. The van der Waals surface area contributed by atoms with E-state index < -0.39 is 11.9 Å². The first-order valence-electron chi connectivity index (χ1n) is 9.14. The molecule has 0 fully saturated rings. The molecule has 7 heteroatoms. The summed E-state index contributed by atoms with van der Waals surface area (Å²) in [4.78, 5) is 33.2. The highest BCUT2D eigenvalue weighted by atomic mass is 32.2.